The lowest BCUT2D eigenvalue weighted by atomic mass is 9.87. The number of likely N-dealkylation sites (N-methyl/N-ethyl adjacent to an activating group) is 1. The van der Waals surface area contributed by atoms with Crippen LogP contribution in [0.3, 0.4) is 0 Å². The molecule has 0 aliphatic carbocycles. The van der Waals surface area contributed by atoms with E-state index in [0.717, 1.165) is 18.7 Å². The molecule has 0 bridgehead atoms. The molecule has 3 rings (SSSR count). The molecular formula is C26H34N2. The maximum atomic E-state index is 4.75. The second-order valence-electron chi connectivity index (χ2n) is 8.61. The van der Waals surface area contributed by atoms with Crippen LogP contribution in [0.1, 0.15) is 76.1 Å². The summed E-state index contributed by atoms with van der Waals surface area (Å²) in [7, 11) is 0. The molecule has 2 aromatic carbocycles. The molecule has 2 heteroatoms. The minimum absolute atomic E-state index is 0.0469. The van der Waals surface area contributed by atoms with Gasteiger partial charge in [0.1, 0.15) is 0 Å². The first-order chi connectivity index (χ1) is 13.3. The van der Waals surface area contributed by atoms with Crippen LogP contribution in [-0.4, -0.2) is 18.3 Å². The van der Waals surface area contributed by atoms with Gasteiger partial charge in [-0.05, 0) is 93.5 Å². The molecule has 0 fully saturated rings. The van der Waals surface area contributed by atoms with E-state index >= 15 is 0 Å². The van der Waals surface area contributed by atoms with E-state index in [1.165, 1.54) is 33.5 Å². The zero-order valence-corrected chi connectivity index (χ0v) is 18.5. The van der Waals surface area contributed by atoms with Crippen molar-refractivity contribution in [1.29, 1.82) is 0 Å². The maximum absolute atomic E-state index is 4.75. The molecule has 1 aliphatic rings. The number of aliphatic imine (C=N–C) groups is 1. The van der Waals surface area contributed by atoms with Crippen molar-refractivity contribution in [1.82, 2.24) is 0 Å². The van der Waals surface area contributed by atoms with Gasteiger partial charge in [-0.2, -0.15) is 0 Å². The fourth-order valence-electron chi connectivity index (χ4n) is 4.23. The van der Waals surface area contributed by atoms with E-state index in [-0.39, 0.29) is 5.54 Å². The van der Waals surface area contributed by atoms with Crippen LogP contribution < -0.4 is 4.90 Å². The molecule has 0 amide bonds. The molecule has 0 N–H and O–H groups in total. The summed E-state index contributed by atoms with van der Waals surface area (Å²) in [5.74, 6) is 0.599. The highest BCUT2D eigenvalue weighted by atomic mass is 15.2. The number of rotatable bonds is 5. The van der Waals surface area contributed by atoms with Crippen molar-refractivity contribution in [2.75, 3.05) is 11.4 Å². The summed E-state index contributed by atoms with van der Waals surface area (Å²) in [6, 6.07) is 13.3. The number of benzene rings is 2. The molecule has 1 heterocycles. The molecule has 0 radical (unpaired) electrons. The third-order valence-corrected chi connectivity index (χ3v) is 6.11. The molecular weight excluding hydrogens is 340 g/mol. The van der Waals surface area contributed by atoms with Crippen LogP contribution in [0.5, 0.6) is 0 Å². The van der Waals surface area contributed by atoms with Crippen molar-refractivity contribution in [3.8, 4) is 0 Å². The van der Waals surface area contributed by atoms with Gasteiger partial charge in [-0.25, -0.2) is 0 Å². The average Bonchev–Trinajstić information content (AvgIpc) is 2.66. The van der Waals surface area contributed by atoms with E-state index in [2.05, 4.69) is 95.8 Å². The summed E-state index contributed by atoms with van der Waals surface area (Å²) < 4.78 is 0. The Morgan fingerprint density at radius 1 is 1.07 bits per heavy atom. The summed E-state index contributed by atoms with van der Waals surface area (Å²) in [5.41, 5.74) is 8.89. The van der Waals surface area contributed by atoms with Gasteiger partial charge >= 0.3 is 0 Å². The van der Waals surface area contributed by atoms with Crippen molar-refractivity contribution in [2.24, 2.45) is 4.99 Å². The van der Waals surface area contributed by atoms with Gasteiger partial charge in [0.2, 0.25) is 0 Å². The Morgan fingerprint density at radius 3 is 2.36 bits per heavy atom. The molecule has 28 heavy (non-hydrogen) atoms. The van der Waals surface area contributed by atoms with Gasteiger partial charge in [0.05, 0.1) is 11.2 Å². The van der Waals surface area contributed by atoms with Crippen molar-refractivity contribution < 1.29 is 0 Å². The van der Waals surface area contributed by atoms with Crippen LogP contribution in [0.2, 0.25) is 0 Å². The van der Waals surface area contributed by atoms with Crippen molar-refractivity contribution >= 4 is 23.2 Å². The van der Waals surface area contributed by atoms with E-state index in [1.807, 2.05) is 6.21 Å². The zero-order chi connectivity index (χ0) is 20.5. The van der Waals surface area contributed by atoms with Crippen LogP contribution >= 0.6 is 0 Å². The minimum Gasteiger partial charge on any atom is -0.363 e. The Bertz CT molecular complexity index is 901. The second-order valence-corrected chi connectivity index (χ2v) is 8.61. The first-order valence-electron chi connectivity index (χ1n) is 10.5. The topological polar surface area (TPSA) is 15.6 Å². The second kappa shape index (κ2) is 7.95. The minimum atomic E-state index is 0.0469. The smallest absolute Gasteiger partial charge is 0.0630 e. The van der Waals surface area contributed by atoms with E-state index in [0.29, 0.717) is 5.92 Å². The summed E-state index contributed by atoms with van der Waals surface area (Å²) in [4.78, 5) is 7.23. The number of allylic oxidation sites excluding steroid dienone is 1. The van der Waals surface area contributed by atoms with Crippen LogP contribution in [0.15, 0.2) is 47.5 Å². The SMILES string of the molecule is CCC(C)c1ccc(N=Cc2cc3c(cc2C)N(CC)C(C)(C)C=C3C)cc1. The van der Waals surface area contributed by atoms with Gasteiger partial charge in [-0.15, -0.1) is 0 Å². The molecule has 0 aromatic heterocycles. The lowest BCUT2D eigenvalue weighted by Crippen LogP contribution is -2.45. The van der Waals surface area contributed by atoms with E-state index in [1.54, 1.807) is 0 Å². The molecule has 1 aliphatic heterocycles. The Morgan fingerprint density at radius 2 is 1.75 bits per heavy atom. The average molecular weight is 375 g/mol. The maximum Gasteiger partial charge on any atom is 0.0630 e. The van der Waals surface area contributed by atoms with Gasteiger partial charge in [0.25, 0.3) is 0 Å². The van der Waals surface area contributed by atoms with Crippen LogP contribution in [0, 0.1) is 6.92 Å². The van der Waals surface area contributed by atoms with E-state index in [4.69, 9.17) is 4.99 Å². The largest absolute Gasteiger partial charge is 0.363 e. The predicted molar refractivity (Wildman–Crippen MR) is 124 cm³/mol. The zero-order valence-electron chi connectivity index (χ0n) is 18.5. The monoisotopic (exact) mass is 374 g/mol. The number of nitrogens with zero attached hydrogens (tertiary/aromatic N) is 2. The van der Waals surface area contributed by atoms with E-state index < -0.39 is 0 Å². The highest BCUT2D eigenvalue weighted by Gasteiger charge is 2.30. The first kappa shape index (κ1) is 20.4. The van der Waals surface area contributed by atoms with Crippen LogP contribution in [-0.2, 0) is 0 Å². The quantitative estimate of drug-likeness (QED) is 0.502. The molecule has 1 atom stereocenters. The molecule has 2 nitrogen and oxygen atoms in total. The number of hydrogen-bond acceptors (Lipinski definition) is 2. The lowest BCUT2D eigenvalue weighted by Gasteiger charge is -2.43. The molecule has 2 aromatic rings. The van der Waals surface area contributed by atoms with Crippen molar-refractivity contribution in [3.63, 3.8) is 0 Å². The Labute approximate surface area is 171 Å². The third kappa shape index (κ3) is 3.92. The highest BCUT2D eigenvalue weighted by molar-refractivity contribution is 5.90. The van der Waals surface area contributed by atoms with Gasteiger partial charge in [0, 0.05) is 24.0 Å². The normalized spacial score (nSPS) is 16.8. The molecule has 148 valence electrons. The van der Waals surface area contributed by atoms with Gasteiger partial charge in [0.15, 0.2) is 0 Å². The third-order valence-electron chi connectivity index (χ3n) is 6.11. The van der Waals surface area contributed by atoms with Crippen molar-refractivity contribution in [2.45, 2.75) is 66.3 Å². The summed E-state index contributed by atoms with van der Waals surface area (Å²) in [5, 5.41) is 0. The Kier molecular flexibility index (Phi) is 5.79. The summed E-state index contributed by atoms with van der Waals surface area (Å²) in [6.07, 6.45) is 5.55. The number of fused-ring (bicyclic) bond motifs is 1. The molecule has 1 unspecified atom stereocenters. The van der Waals surface area contributed by atoms with Crippen LogP contribution in [0.25, 0.3) is 5.57 Å². The van der Waals surface area contributed by atoms with Crippen LogP contribution in [0.4, 0.5) is 11.4 Å². The molecule has 0 spiro atoms. The Hall–Kier alpha value is -2.35. The standard InChI is InChI=1S/C26H34N2/c1-8-18(3)21-10-12-23(13-11-21)27-17-22-15-24-20(5)16-26(6,7)28(9-2)25(24)14-19(22)4/h10-18H,8-9H2,1-7H3. The summed E-state index contributed by atoms with van der Waals surface area (Å²) in [6.45, 7) is 16.7. The summed E-state index contributed by atoms with van der Waals surface area (Å²) >= 11 is 0. The predicted octanol–water partition coefficient (Wildman–Crippen LogP) is 7.28. The lowest BCUT2D eigenvalue weighted by molar-refractivity contribution is 0.566. The van der Waals surface area contributed by atoms with Crippen molar-refractivity contribution in [3.05, 3.63) is 64.7 Å². The fourth-order valence-corrected chi connectivity index (χ4v) is 4.23. The molecule has 0 saturated carbocycles. The number of aryl methyl sites for hydroxylation is 1. The highest BCUT2D eigenvalue weighted by Crippen LogP contribution is 2.39. The number of anilines is 1. The van der Waals surface area contributed by atoms with Gasteiger partial charge in [-0.3, -0.25) is 4.99 Å². The van der Waals surface area contributed by atoms with E-state index in [9.17, 15) is 0 Å². The van der Waals surface area contributed by atoms with Gasteiger partial charge in [-0.1, -0.05) is 32.1 Å². The molecule has 0 saturated heterocycles. The van der Waals surface area contributed by atoms with Gasteiger partial charge < -0.3 is 4.90 Å². The first-order valence-corrected chi connectivity index (χ1v) is 10.5. The fraction of sp³-hybridized carbons (Fsp3) is 0.423. The number of hydrogen-bond donors (Lipinski definition) is 0. The Balaban J connectivity index is 1.92.